The third-order valence-corrected chi connectivity index (χ3v) is 4.05. The minimum Gasteiger partial charge on any atom is -0.496 e. The fourth-order valence-corrected chi connectivity index (χ4v) is 2.68. The molecule has 0 saturated heterocycles. The van der Waals surface area contributed by atoms with E-state index in [2.05, 4.69) is 31.8 Å². The van der Waals surface area contributed by atoms with Gasteiger partial charge in [-0.1, -0.05) is 26.8 Å². The van der Waals surface area contributed by atoms with E-state index in [0.29, 0.717) is 17.1 Å². The number of nitrogens with zero attached hydrogens (tertiary/aromatic N) is 2. The van der Waals surface area contributed by atoms with Crippen molar-refractivity contribution in [3.05, 3.63) is 53.9 Å². The third kappa shape index (κ3) is 2.73. The van der Waals surface area contributed by atoms with E-state index in [-0.39, 0.29) is 11.0 Å². The maximum atomic E-state index is 11.4. The second kappa shape index (κ2) is 5.67. The van der Waals surface area contributed by atoms with E-state index >= 15 is 0 Å². The van der Waals surface area contributed by atoms with Gasteiger partial charge in [-0.3, -0.25) is 0 Å². The molecule has 124 valence electrons. The van der Waals surface area contributed by atoms with E-state index < -0.39 is 5.97 Å². The van der Waals surface area contributed by atoms with E-state index in [9.17, 15) is 9.90 Å². The number of hydrogen-bond donors (Lipinski definition) is 1. The summed E-state index contributed by atoms with van der Waals surface area (Å²) in [5.41, 5.74) is 3.29. The Morgan fingerprint density at radius 2 is 2.00 bits per heavy atom. The fourth-order valence-electron chi connectivity index (χ4n) is 2.68. The lowest BCUT2D eigenvalue weighted by Gasteiger charge is -2.20. The van der Waals surface area contributed by atoms with Crippen molar-refractivity contribution in [3.8, 4) is 17.0 Å². The second-order valence-electron chi connectivity index (χ2n) is 6.75. The first-order valence-corrected chi connectivity index (χ1v) is 7.71. The van der Waals surface area contributed by atoms with Crippen LogP contribution in [0.5, 0.6) is 5.75 Å². The van der Waals surface area contributed by atoms with Crippen molar-refractivity contribution in [3.63, 3.8) is 0 Å². The van der Waals surface area contributed by atoms with E-state index in [1.54, 1.807) is 29.8 Å². The van der Waals surface area contributed by atoms with E-state index in [0.717, 1.165) is 11.1 Å². The largest absolute Gasteiger partial charge is 0.496 e. The van der Waals surface area contributed by atoms with E-state index in [4.69, 9.17) is 4.74 Å². The highest BCUT2D eigenvalue weighted by molar-refractivity contribution is 5.94. The van der Waals surface area contributed by atoms with Crippen LogP contribution in [0, 0.1) is 0 Å². The molecule has 5 heteroatoms. The minimum absolute atomic E-state index is 0.00754. The van der Waals surface area contributed by atoms with Crippen LogP contribution in [0.25, 0.3) is 16.9 Å². The van der Waals surface area contributed by atoms with Gasteiger partial charge in [-0.25, -0.2) is 9.78 Å². The summed E-state index contributed by atoms with van der Waals surface area (Å²) in [6.45, 7) is 6.43. The molecule has 2 heterocycles. The first kappa shape index (κ1) is 16.1. The normalized spacial score (nSPS) is 11.7. The minimum atomic E-state index is -0.992. The summed E-state index contributed by atoms with van der Waals surface area (Å²) in [7, 11) is 1.62. The molecule has 24 heavy (non-hydrogen) atoms. The second-order valence-corrected chi connectivity index (χ2v) is 6.75. The topological polar surface area (TPSA) is 63.8 Å². The number of aromatic nitrogens is 2. The van der Waals surface area contributed by atoms with Gasteiger partial charge in [0.15, 0.2) is 5.65 Å². The molecule has 0 aliphatic rings. The summed E-state index contributed by atoms with van der Waals surface area (Å²) in [6, 6.07) is 9.28. The van der Waals surface area contributed by atoms with Crippen molar-refractivity contribution >= 4 is 11.6 Å². The van der Waals surface area contributed by atoms with Crippen LogP contribution in [-0.4, -0.2) is 27.6 Å². The molecule has 0 fully saturated rings. The smallest absolute Gasteiger partial charge is 0.339 e. The quantitative estimate of drug-likeness (QED) is 0.791. The predicted octanol–water partition coefficient (Wildman–Crippen LogP) is 4.01. The van der Waals surface area contributed by atoms with Crippen molar-refractivity contribution in [2.45, 2.75) is 26.2 Å². The number of fused-ring (bicyclic) bond motifs is 1. The summed E-state index contributed by atoms with van der Waals surface area (Å²) < 4.78 is 7.20. The number of aromatic carboxylic acids is 1. The molecule has 0 radical (unpaired) electrons. The van der Waals surface area contributed by atoms with Gasteiger partial charge in [0.05, 0.1) is 12.8 Å². The van der Waals surface area contributed by atoms with Crippen molar-refractivity contribution in [1.82, 2.24) is 9.38 Å². The molecule has 3 aromatic rings. The van der Waals surface area contributed by atoms with Crippen LogP contribution in [0.15, 0.2) is 42.7 Å². The van der Waals surface area contributed by atoms with Crippen LogP contribution in [0.3, 0.4) is 0 Å². The number of benzene rings is 1. The Hall–Kier alpha value is -2.82. The zero-order chi connectivity index (χ0) is 17.5. The number of rotatable bonds is 3. The predicted molar refractivity (Wildman–Crippen MR) is 92.8 cm³/mol. The first-order valence-electron chi connectivity index (χ1n) is 7.71. The summed E-state index contributed by atoms with van der Waals surface area (Å²) in [5.74, 6) is -0.281. The van der Waals surface area contributed by atoms with Gasteiger partial charge in [-0.15, -0.1) is 0 Å². The molecule has 1 aromatic carbocycles. The van der Waals surface area contributed by atoms with Crippen LogP contribution >= 0.6 is 0 Å². The fraction of sp³-hybridized carbons (Fsp3) is 0.263. The summed E-state index contributed by atoms with van der Waals surface area (Å²) >= 11 is 0. The Kier molecular flexibility index (Phi) is 3.79. The van der Waals surface area contributed by atoms with E-state index in [1.165, 1.54) is 0 Å². The third-order valence-electron chi connectivity index (χ3n) is 4.05. The molecule has 0 bridgehead atoms. The van der Waals surface area contributed by atoms with Crippen LogP contribution < -0.4 is 4.74 Å². The maximum Gasteiger partial charge on any atom is 0.339 e. The monoisotopic (exact) mass is 324 g/mol. The average Bonchev–Trinajstić information content (AvgIpc) is 2.96. The Morgan fingerprint density at radius 3 is 2.62 bits per heavy atom. The van der Waals surface area contributed by atoms with Crippen LogP contribution in [0.2, 0.25) is 0 Å². The number of carboxylic acids is 1. The van der Waals surface area contributed by atoms with Gasteiger partial charge < -0.3 is 14.2 Å². The molecule has 0 aliphatic carbocycles. The van der Waals surface area contributed by atoms with Gasteiger partial charge in [0.25, 0.3) is 0 Å². The highest BCUT2D eigenvalue weighted by Crippen LogP contribution is 2.34. The molecule has 0 amide bonds. The van der Waals surface area contributed by atoms with Crippen molar-refractivity contribution in [2.24, 2.45) is 0 Å². The zero-order valence-corrected chi connectivity index (χ0v) is 14.2. The maximum absolute atomic E-state index is 11.4. The van der Waals surface area contributed by atoms with Gasteiger partial charge in [0, 0.05) is 18.0 Å². The number of carbonyl (C=O) groups is 1. The molecule has 0 unspecified atom stereocenters. The number of ether oxygens (including phenoxy) is 1. The summed E-state index contributed by atoms with van der Waals surface area (Å²) in [4.78, 5) is 15.9. The van der Waals surface area contributed by atoms with Crippen LogP contribution in [-0.2, 0) is 5.41 Å². The Morgan fingerprint density at radius 1 is 1.25 bits per heavy atom. The lowest BCUT2D eigenvalue weighted by molar-refractivity contribution is 0.0698. The van der Waals surface area contributed by atoms with Gasteiger partial charge in [0.2, 0.25) is 0 Å². The number of hydrogen-bond acceptors (Lipinski definition) is 3. The Bertz CT molecular complexity index is 920. The highest BCUT2D eigenvalue weighted by Gasteiger charge is 2.19. The van der Waals surface area contributed by atoms with Crippen LogP contribution in [0.1, 0.15) is 36.7 Å². The SMILES string of the molecule is COc1ccc(C(C)(C)C)cc1-c1cn2cccc(C(=O)O)c2n1. The molecular formula is C19H20N2O3. The molecule has 2 aromatic heterocycles. The number of methoxy groups -OCH3 is 1. The molecule has 0 saturated carbocycles. The molecule has 5 nitrogen and oxygen atoms in total. The van der Waals surface area contributed by atoms with Gasteiger partial charge >= 0.3 is 5.97 Å². The molecule has 1 N–H and O–H groups in total. The molecule has 0 aliphatic heterocycles. The molecule has 3 rings (SSSR count). The van der Waals surface area contributed by atoms with Crippen molar-refractivity contribution in [2.75, 3.05) is 7.11 Å². The first-order chi connectivity index (χ1) is 11.3. The number of carboxylic acid groups (broad SMARTS) is 1. The molecular weight excluding hydrogens is 304 g/mol. The van der Waals surface area contributed by atoms with Crippen molar-refractivity contribution in [1.29, 1.82) is 0 Å². The van der Waals surface area contributed by atoms with Gasteiger partial charge in [0.1, 0.15) is 11.3 Å². The summed E-state index contributed by atoms with van der Waals surface area (Å²) in [5, 5.41) is 9.34. The molecule has 0 spiro atoms. The lowest BCUT2D eigenvalue weighted by atomic mass is 9.86. The highest BCUT2D eigenvalue weighted by atomic mass is 16.5. The van der Waals surface area contributed by atoms with Gasteiger partial charge in [-0.05, 0) is 35.2 Å². The Balaban J connectivity index is 2.23. The van der Waals surface area contributed by atoms with Crippen LogP contribution in [0.4, 0.5) is 0 Å². The van der Waals surface area contributed by atoms with E-state index in [1.807, 2.05) is 18.3 Å². The van der Waals surface area contributed by atoms with Crippen molar-refractivity contribution < 1.29 is 14.6 Å². The number of imidazole rings is 1. The van der Waals surface area contributed by atoms with Gasteiger partial charge in [-0.2, -0.15) is 0 Å². The lowest BCUT2D eigenvalue weighted by Crippen LogP contribution is -2.11. The number of pyridine rings is 1. The Labute approximate surface area is 140 Å². The molecule has 0 atom stereocenters. The summed E-state index contributed by atoms with van der Waals surface area (Å²) in [6.07, 6.45) is 3.62. The average molecular weight is 324 g/mol. The standard InChI is InChI=1S/C19H20N2O3/c1-19(2,3)12-7-8-16(24-4)14(10-12)15-11-21-9-5-6-13(18(22)23)17(21)20-15/h5-11H,1-4H3,(H,22,23). The zero-order valence-electron chi connectivity index (χ0n) is 14.2.